The molecule has 0 aromatic heterocycles. The van der Waals surface area contributed by atoms with E-state index in [0.717, 1.165) is 43.2 Å². The Balaban J connectivity index is 1.36. The van der Waals surface area contributed by atoms with Crippen LogP contribution in [-0.4, -0.2) is 24.6 Å². The maximum Gasteiger partial charge on any atom is 0.338 e. The van der Waals surface area contributed by atoms with Crippen molar-refractivity contribution in [2.45, 2.75) is 52.1 Å². The normalized spacial score (nSPS) is 19.1. The molecule has 28 heavy (non-hydrogen) atoms. The van der Waals surface area contributed by atoms with Crippen molar-refractivity contribution in [3.63, 3.8) is 0 Å². The van der Waals surface area contributed by atoms with E-state index >= 15 is 0 Å². The van der Waals surface area contributed by atoms with Crippen LogP contribution in [0.1, 0.15) is 63.9 Å². The first-order valence-corrected chi connectivity index (χ1v) is 10.0. The predicted octanol–water partition coefficient (Wildman–Crippen LogP) is 5.27. The van der Waals surface area contributed by atoms with E-state index in [9.17, 15) is 9.59 Å². The van der Waals surface area contributed by atoms with Crippen molar-refractivity contribution in [3.8, 4) is 0 Å². The maximum atomic E-state index is 12.2. The molecule has 0 radical (unpaired) electrons. The SMILES string of the molecule is Cc1ccc(C(=O)OCCC2CCC(OC(=O)c3ccc(C)cc3)CC2)cc1. The number of aryl methyl sites for hydroxylation is 2. The highest BCUT2D eigenvalue weighted by Gasteiger charge is 2.24. The number of carbonyl (C=O) groups excluding carboxylic acids is 2. The minimum atomic E-state index is -0.263. The van der Waals surface area contributed by atoms with Gasteiger partial charge in [0.05, 0.1) is 17.7 Å². The fraction of sp³-hybridized carbons (Fsp3) is 0.417. The zero-order valence-corrected chi connectivity index (χ0v) is 16.6. The molecule has 1 saturated carbocycles. The van der Waals surface area contributed by atoms with Crippen LogP contribution in [0, 0.1) is 19.8 Å². The van der Waals surface area contributed by atoms with Crippen molar-refractivity contribution in [2.75, 3.05) is 6.61 Å². The average Bonchev–Trinajstić information content (AvgIpc) is 2.70. The van der Waals surface area contributed by atoms with Gasteiger partial charge in [0.1, 0.15) is 6.10 Å². The van der Waals surface area contributed by atoms with Gasteiger partial charge < -0.3 is 9.47 Å². The summed E-state index contributed by atoms with van der Waals surface area (Å²) in [6.45, 7) is 4.42. The molecule has 148 valence electrons. The second-order valence-corrected chi connectivity index (χ2v) is 7.70. The summed E-state index contributed by atoms with van der Waals surface area (Å²) in [5.74, 6) is 0.0105. The minimum absolute atomic E-state index is 0.0137. The molecule has 4 heteroatoms. The van der Waals surface area contributed by atoms with Crippen LogP contribution in [0.25, 0.3) is 0 Å². The molecule has 0 atom stereocenters. The highest BCUT2D eigenvalue weighted by molar-refractivity contribution is 5.89. The molecule has 2 aromatic carbocycles. The largest absolute Gasteiger partial charge is 0.462 e. The lowest BCUT2D eigenvalue weighted by Crippen LogP contribution is -2.25. The predicted molar refractivity (Wildman–Crippen MR) is 108 cm³/mol. The summed E-state index contributed by atoms with van der Waals surface area (Å²) in [4.78, 5) is 24.3. The Morgan fingerprint density at radius 1 is 0.786 bits per heavy atom. The van der Waals surface area contributed by atoms with Crippen LogP contribution in [0.3, 0.4) is 0 Å². The van der Waals surface area contributed by atoms with Gasteiger partial charge in [-0.1, -0.05) is 35.4 Å². The number of rotatable bonds is 6. The Morgan fingerprint density at radius 2 is 1.29 bits per heavy atom. The zero-order chi connectivity index (χ0) is 19.9. The first kappa shape index (κ1) is 20.1. The van der Waals surface area contributed by atoms with E-state index in [0.29, 0.717) is 23.7 Å². The Labute approximate surface area is 166 Å². The molecule has 4 nitrogen and oxygen atoms in total. The maximum absolute atomic E-state index is 12.2. The van der Waals surface area contributed by atoms with Crippen LogP contribution >= 0.6 is 0 Å². The van der Waals surface area contributed by atoms with E-state index in [-0.39, 0.29) is 18.0 Å². The van der Waals surface area contributed by atoms with E-state index in [2.05, 4.69) is 0 Å². The van der Waals surface area contributed by atoms with Crippen LogP contribution < -0.4 is 0 Å². The number of hydrogen-bond donors (Lipinski definition) is 0. The summed E-state index contributed by atoms with van der Waals surface area (Å²) < 4.78 is 11.1. The molecule has 0 unspecified atom stereocenters. The Morgan fingerprint density at radius 3 is 1.82 bits per heavy atom. The number of esters is 2. The van der Waals surface area contributed by atoms with Gasteiger partial charge in [-0.15, -0.1) is 0 Å². The summed E-state index contributed by atoms with van der Waals surface area (Å²) in [6, 6.07) is 14.9. The van der Waals surface area contributed by atoms with Gasteiger partial charge in [-0.2, -0.15) is 0 Å². The average molecular weight is 380 g/mol. The Bertz CT molecular complexity index is 784. The number of hydrogen-bond acceptors (Lipinski definition) is 4. The van der Waals surface area contributed by atoms with Crippen molar-refractivity contribution >= 4 is 11.9 Å². The topological polar surface area (TPSA) is 52.6 Å². The lowest BCUT2D eigenvalue weighted by Gasteiger charge is -2.28. The fourth-order valence-corrected chi connectivity index (χ4v) is 3.54. The van der Waals surface area contributed by atoms with Gasteiger partial charge in [0.2, 0.25) is 0 Å². The zero-order valence-electron chi connectivity index (χ0n) is 16.6. The number of carbonyl (C=O) groups is 2. The summed E-state index contributed by atoms with van der Waals surface area (Å²) in [5.41, 5.74) is 3.45. The summed E-state index contributed by atoms with van der Waals surface area (Å²) in [7, 11) is 0. The van der Waals surface area contributed by atoms with E-state index in [4.69, 9.17) is 9.47 Å². The molecule has 0 aliphatic heterocycles. The van der Waals surface area contributed by atoms with Crippen LogP contribution in [-0.2, 0) is 9.47 Å². The Hall–Kier alpha value is -2.62. The van der Waals surface area contributed by atoms with Crippen molar-refractivity contribution in [1.82, 2.24) is 0 Å². The molecular formula is C24H28O4. The molecule has 0 saturated heterocycles. The third kappa shape index (κ3) is 5.69. The molecular weight excluding hydrogens is 352 g/mol. The van der Waals surface area contributed by atoms with E-state index < -0.39 is 0 Å². The highest BCUT2D eigenvalue weighted by atomic mass is 16.5. The lowest BCUT2D eigenvalue weighted by atomic mass is 9.85. The molecule has 1 fully saturated rings. The number of ether oxygens (including phenoxy) is 2. The van der Waals surface area contributed by atoms with E-state index in [1.807, 2.05) is 50.2 Å². The van der Waals surface area contributed by atoms with Crippen LogP contribution in [0.4, 0.5) is 0 Å². The molecule has 1 aliphatic rings. The summed E-state index contributed by atoms with van der Waals surface area (Å²) >= 11 is 0. The van der Waals surface area contributed by atoms with Gasteiger partial charge >= 0.3 is 11.9 Å². The molecule has 1 aliphatic carbocycles. The highest BCUT2D eigenvalue weighted by Crippen LogP contribution is 2.29. The van der Waals surface area contributed by atoms with Crippen molar-refractivity contribution < 1.29 is 19.1 Å². The molecule has 0 amide bonds. The van der Waals surface area contributed by atoms with Crippen LogP contribution in [0.5, 0.6) is 0 Å². The van der Waals surface area contributed by atoms with Crippen molar-refractivity contribution in [2.24, 2.45) is 5.92 Å². The van der Waals surface area contributed by atoms with Gasteiger partial charge in [-0.3, -0.25) is 0 Å². The molecule has 3 rings (SSSR count). The van der Waals surface area contributed by atoms with Crippen molar-refractivity contribution in [3.05, 3.63) is 70.8 Å². The minimum Gasteiger partial charge on any atom is -0.462 e. The second-order valence-electron chi connectivity index (χ2n) is 7.70. The first-order chi connectivity index (χ1) is 13.5. The van der Waals surface area contributed by atoms with Crippen LogP contribution in [0.2, 0.25) is 0 Å². The molecule has 0 N–H and O–H groups in total. The third-order valence-electron chi connectivity index (χ3n) is 5.40. The van der Waals surface area contributed by atoms with Gasteiger partial charge in [0.25, 0.3) is 0 Å². The molecule has 0 spiro atoms. The summed E-state index contributed by atoms with van der Waals surface area (Å²) in [6.07, 6.45) is 4.57. The quantitative estimate of drug-likeness (QED) is 0.641. The molecule has 0 heterocycles. The van der Waals surface area contributed by atoms with E-state index in [1.54, 1.807) is 12.1 Å². The molecule has 2 aromatic rings. The van der Waals surface area contributed by atoms with Gasteiger partial charge in [-0.05, 0) is 76.1 Å². The van der Waals surface area contributed by atoms with Gasteiger partial charge in [0, 0.05) is 0 Å². The fourth-order valence-electron chi connectivity index (χ4n) is 3.54. The first-order valence-electron chi connectivity index (χ1n) is 10.0. The van der Waals surface area contributed by atoms with Crippen LogP contribution in [0.15, 0.2) is 48.5 Å². The standard InChI is InChI=1S/C24H28O4/c1-17-3-9-20(10-4-17)23(25)27-16-15-19-7-13-22(14-8-19)28-24(26)21-11-5-18(2)6-12-21/h3-6,9-12,19,22H,7-8,13-16H2,1-2H3. The van der Waals surface area contributed by atoms with E-state index in [1.165, 1.54) is 0 Å². The molecule has 0 bridgehead atoms. The smallest absolute Gasteiger partial charge is 0.338 e. The second kappa shape index (κ2) is 9.54. The number of benzene rings is 2. The van der Waals surface area contributed by atoms with Gasteiger partial charge in [0.15, 0.2) is 0 Å². The van der Waals surface area contributed by atoms with Gasteiger partial charge in [-0.25, -0.2) is 9.59 Å². The van der Waals surface area contributed by atoms with Crippen molar-refractivity contribution in [1.29, 1.82) is 0 Å². The Kier molecular flexibility index (Phi) is 6.85. The summed E-state index contributed by atoms with van der Waals surface area (Å²) in [5, 5.41) is 0. The lowest BCUT2D eigenvalue weighted by molar-refractivity contribution is 0.0138. The third-order valence-corrected chi connectivity index (χ3v) is 5.40. The monoisotopic (exact) mass is 380 g/mol.